The second kappa shape index (κ2) is 8.63. The fourth-order valence-corrected chi connectivity index (χ4v) is 4.12. The van der Waals surface area contributed by atoms with Gasteiger partial charge >= 0.3 is 0 Å². The third kappa shape index (κ3) is 5.38. The number of hydrogen-bond acceptors (Lipinski definition) is 5. The van der Waals surface area contributed by atoms with E-state index in [0.29, 0.717) is 29.5 Å². The van der Waals surface area contributed by atoms with Gasteiger partial charge in [-0.3, -0.25) is 9.10 Å². The van der Waals surface area contributed by atoms with Gasteiger partial charge in [0, 0.05) is 11.8 Å². The minimum absolute atomic E-state index is 0.113. The van der Waals surface area contributed by atoms with Crippen LogP contribution in [0.1, 0.15) is 26.3 Å². The first-order valence-corrected chi connectivity index (χ1v) is 11.8. The predicted molar refractivity (Wildman–Crippen MR) is 123 cm³/mol. The van der Waals surface area contributed by atoms with Gasteiger partial charge in [0.15, 0.2) is 6.10 Å². The number of anilines is 2. The van der Waals surface area contributed by atoms with E-state index in [1.54, 1.807) is 36.4 Å². The average Bonchev–Trinajstić information content (AvgIpc) is 2.69. The molecule has 0 saturated heterocycles. The number of nitrogens with one attached hydrogen (secondary N) is 1. The highest BCUT2D eigenvalue weighted by molar-refractivity contribution is 7.92. The second-order valence-corrected chi connectivity index (χ2v) is 10.4. The lowest BCUT2D eigenvalue weighted by Gasteiger charge is -2.35. The Morgan fingerprint density at radius 2 is 2.03 bits per heavy atom. The molecule has 166 valence electrons. The first kappa shape index (κ1) is 22.7. The van der Waals surface area contributed by atoms with Crippen LogP contribution in [0.15, 0.2) is 55.1 Å². The zero-order chi connectivity index (χ0) is 22.8. The Bertz CT molecular complexity index is 1090. The van der Waals surface area contributed by atoms with Crippen molar-refractivity contribution < 1.29 is 22.7 Å². The quantitative estimate of drug-likeness (QED) is 0.687. The monoisotopic (exact) mass is 444 g/mol. The summed E-state index contributed by atoms with van der Waals surface area (Å²) in [5, 5.41) is 2.78. The zero-order valence-corrected chi connectivity index (χ0v) is 19.0. The van der Waals surface area contributed by atoms with Crippen LogP contribution >= 0.6 is 0 Å². The summed E-state index contributed by atoms with van der Waals surface area (Å²) in [6, 6.07) is 12.3. The molecule has 0 bridgehead atoms. The second-order valence-electron chi connectivity index (χ2n) is 8.45. The van der Waals surface area contributed by atoms with Crippen molar-refractivity contribution >= 4 is 27.3 Å². The van der Waals surface area contributed by atoms with E-state index < -0.39 is 22.0 Å². The minimum Gasteiger partial charge on any atom is -0.489 e. The summed E-state index contributed by atoms with van der Waals surface area (Å²) in [7, 11) is -3.61. The number of amides is 1. The molecule has 7 nitrogen and oxygen atoms in total. The molecule has 1 aliphatic rings. The molecule has 0 fully saturated rings. The number of rotatable bonds is 6. The first-order valence-electron chi connectivity index (χ1n) is 9.92. The highest BCUT2D eigenvalue weighted by Gasteiger charge is 2.36. The standard InChI is InChI=1S/C23H28N2O5S/c1-6-12-29-18-9-7-8-17(14-18)24-22(26)21-15-25(31(5,27)28)19-13-16(23(2,3)4)10-11-20(19)30-21/h6-11,13-14,21H,1,12,15H2,2-5H3,(H,24,26). The van der Waals surface area contributed by atoms with Crippen LogP contribution in [-0.2, 0) is 20.2 Å². The van der Waals surface area contributed by atoms with Crippen molar-refractivity contribution in [2.75, 3.05) is 29.0 Å². The maximum absolute atomic E-state index is 12.9. The van der Waals surface area contributed by atoms with Crippen LogP contribution in [0.25, 0.3) is 0 Å². The molecule has 1 heterocycles. The van der Waals surface area contributed by atoms with E-state index >= 15 is 0 Å². The third-order valence-electron chi connectivity index (χ3n) is 4.86. The fourth-order valence-electron chi connectivity index (χ4n) is 3.21. The Labute approximate surface area is 183 Å². The van der Waals surface area contributed by atoms with Gasteiger partial charge in [-0.05, 0) is 35.2 Å². The summed E-state index contributed by atoms with van der Waals surface area (Å²) in [6.07, 6.45) is 1.76. The lowest BCUT2D eigenvalue weighted by molar-refractivity contribution is -0.122. The van der Waals surface area contributed by atoms with Gasteiger partial charge in [0.05, 0.1) is 18.5 Å². The number of carbonyl (C=O) groups excluding carboxylic acids is 1. The largest absolute Gasteiger partial charge is 0.489 e. The molecule has 3 rings (SSSR count). The Balaban J connectivity index is 1.86. The molecular formula is C23H28N2O5S. The Morgan fingerprint density at radius 3 is 2.68 bits per heavy atom. The molecule has 2 aromatic rings. The van der Waals surface area contributed by atoms with E-state index in [2.05, 4.69) is 11.9 Å². The van der Waals surface area contributed by atoms with Gasteiger partial charge in [-0.1, -0.05) is 45.6 Å². The van der Waals surface area contributed by atoms with Gasteiger partial charge in [-0.2, -0.15) is 0 Å². The van der Waals surface area contributed by atoms with Crippen LogP contribution in [0.2, 0.25) is 0 Å². The maximum Gasteiger partial charge on any atom is 0.267 e. The van der Waals surface area contributed by atoms with Crippen molar-refractivity contribution in [1.82, 2.24) is 0 Å². The van der Waals surface area contributed by atoms with Gasteiger partial charge in [-0.15, -0.1) is 0 Å². The molecule has 0 radical (unpaired) electrons. The predicted octanol–water partition coefficient (Wildman–Crippen LogP) is 3.71. The van der Waals surface area contributed by atoms with E-state index in [0.717, 1.165) is 11.8 Å². The van der Waals surface area contributed by atoms with Crippen LogP contribution in [0.5, 0.6) is 11.5 Å². The molecule has 1 aliphatic heterocycles. The lowest BCUT2D eigenvalue weighted by atomic mass is 9.86. The molecular weight excluding hydrogens is 416 g/mol. The zero-order valence-electron chi connectivity index (χ0n) is 18.2. The number of carbonyl (C=O) groups is 1. The van der Waals surface area contributed by atoms with Crippen LogP contribution < -0.4 is 19.1 Å². The van der Waals surface area contributed by atoms with E-state index in [-0.39, 0.29) is 12.0 Å². The van der Waals surface area contributed by atoms with Gasteiger partial charge in [0.2, 0.25) is 10.0 Å². The summed E-state index contributed by atoms with van der Waals surface area (Å²) < 4.78 is 37.6. The van der Waals surface area contributed by atoms with Crippen LogP contribution in [0.4, 0.5) is 11.4 Å². The van der Waals surface area contributed by atoms with Crippen molar-refractivity contribution in [2.24, 2.45) is 0 Å². The van der Waals surface area contributed by atoms with Gasteiger partial charge in [0.1, 0.15) is 18.1 Å². The van der Waals surface area contributed by atoms with Crippen LogP contribution in [-0.4, -0.2) is 39.8 Å². The number of nitrogens with zero attached hydrogens (tertiary/aromatic N) is 1. The van der Waals surface area contributed by atoms with Crippen molar-refractivity contribution in [1.29, 1.82) is 0 Å². The summed E-state index contributed by atoms with van der Waals surface area (Å²) in [5.74, 6) is 0.494. The topological polar surface area (TPSA) is 84.9 Å². The highest BCUT2D eigenvalue weighted by atomic mass is 32.2. The molecule has 0 aromatic heterocycles. The molecule has 1 N–H and O–H groups in total. The number of fused-ring (bicyclic) bond motifs is 1. The minimum atomic E-state index is -3.61. The molecule has 2 aromatic carbocycles. The average molecular weight is 445 g/mol. The van der Waals surface area contributed by atoms with E-state index in [4.69, 9.17) is 9.47 Å². The van der Waals surface area contributed by atoms with Crippen molar-refractivity contribution in [3.63, 3.8) is 0 Å². The van der Waals surface area contributed by atoms with Gasteiger partial charge < -0.3 is 14.8 Å². The smallest absolute Gasteiger partial charge is 0.267 e. The number of hydrogen-bond donors (Lipinski definition) is 1. The van der Waals surface area contributed by atoms with Gasteiger partial charge in [0.25, 0.3) is 5.91 Å². The summed E-state index contributed by atoms with van der Waals surface area (Å²) in [5.41, 5.74) is 1.78. The van der Waals surface area contributed by atoms with E-state index in [1.807, 2.05) is 32.9 Å². The Morgan fingerprint density at radius 1 is 1.29 bits per heavy atom. The van der Waals surface area contributed by atoms with Crippen molar-refractivity contribution in [2.45, 2.75) is 32.3 Å². The van der Waals surface area contributed by atoms with Crippen molar-refractivity contribution in [3.8, 4) is 11.5 Å². The molecule has 0 aliphatic carbocycles. The first-order chi connectivity index (χ1) is 14.5. The number of benzene rings is 2. The number of ether oxygens (including phenoxy) is 2. The summed E-state index contributed by atoms with van der Waals surface area (Å²) >= 11 is 0. The molecule has 1 atom stereocenters. The SMILES string of the molecule is C=CCOc1cccc(NC(=O)C2CN(S(C)(=O)=O)c3cc(C(C)(C)C)ccc3O2)c1. The summed E-state index contributed by atoms with van der Waals surface area (Å²) in [6.45, 7) is 9.98. The molecule has 31 heavy (non-hydrogen) atoms. The maximum atomic E-state index is 12.9. The molecule has 0 saturated carbocycles. The van der Waals surface area contributed by atoms with Crippen molar-refractivity contribution in [3.05, 3.63) is 60.7 Å². The number of sulfonamides is 1. The van der Waals surface area contributed by atoms with Crippen LogP contribution in [0.3, 0.4) is 0 Å². The van der Waals surface area contributed by atoms with E-state index in [1.165, 1.54) is 4.31 Å². The third-order valence-corrected chi connectivity index (χ3v) is 6.00. The Kier molecular flexibility index (Phi) is 6.31. The van der Waals surface area contributed by atoms with Gasteiger partial charge in [-0.25, -0.2) is 8.42 Å². The normalized spacial score (nSPS) is 16.1. The summed E-state index contributed by atoms with van der Waals surface area (Å²) in [4.78, 5) is 12.9. The Hall–Kier alpha value is -3.00. The highest BCUT2D eigenvalue weighted by Crippen LogP contribution is 2.38. The fraction of sp³-hybridized carbons (Fsp3) is 0.348. The molecule has 0 spiro atoms. The van der Waals surface area contributed by atoms with E-state index in [9.17, 15) is 13.2 Å². The molecule has 1 amide bonds. The molecule has 8 heteroatoms. The lowest BCUT2D eigenvalue weighted by Crippen LogP contribution is -2.48. The molecule has 1 unspecified atom stereocenters. The van der Waals surface area contributed by atoms with Crippen LogP contribution in [0, 0.1) is 0 Å².